The summed E-state index contributed by atoms with van der Waals surface area (Å²) in [6.07, 6.45) is 6.06. The number of ether oxygens (including phenoxy) is 1. The molecular weight excluding hydrogens is 442 g/mol. The maximum absolute atomic E-state index is 13.2. The zero-order valence-electron chi connectivity index (χ0n) is 18.5. The molecule has 0 aliphatic heterocycles. The molecule has 0 bridgehead atoms. The van der Waals surface area contributed by atoms with Gasteiger partial charge in [0.1, 0.15) is 17.4 Å². The van der Waals surface area contributed by atoms with E-state index in [0.717, 1.165) is 5.56 Å². The van der Waals surface area contributed by atoms with Crippen LogP contribution in [0.4, 0.5) is 0 Å². The molecule has 3 aromatic heterocycles. The summed E-state index contributed by atoms with van der Waals surface area (Å²) >= 11 is 6.18. The Morgan fingerprint density at radius 2 is 2.18 bits per heavy atom. The zero-order valence-corrected chi connectivity index (χ0v) is 19.3. The molecule has 1 amide bonds. The number of carbonyl (C=O) groups is 1. The predicted octanol–water partition coefficient (Wildman–Crippen LogP) is 3.16. The van der Waals surface area contributed by atoms with Crippen LogP contribution < -0.4 is 11.0 Å². The number of rotatable bonds is 6. The highest BCUT2D eigenvalue weighted by Crippen LogP contribution is 2.17. The standard InChI is InChI=1S/C24H22ClN5O3/c1-5-8-17(19(25)6-2)23(31)28-21-16(14-26)13-18-22(29(21)11-12-33-4)27-20-15(3)9-7-10-30(20)24(18)32/h5-10,13H,1,11-12H2,2-4H3/b17-8+,19-6-,28-21?. The van der Waals surface area contributed by atoms with Gasteiger partial charge in [-0.1, -0.05) is 36.4 Å². The number of halogens is 1. The Morgan fingerprint density at radius 3 is 2.82 bits per heavy atom. The van der Waals surface area contributed by atoms with Crippen molar-refractivity contribution >= 4 is 34.2 Å². The van der Waals surface area contributed by atoms with Gasteiger partial charge in [0.2, 0.25) is 0 Å². The molecule has 0 spiro atoms. The molecule has 33 heavy (non-hydrogen) atoms. The first-order chi connectivity index (χ1) is 15.9. The van der Waals surface area contributed by atoms with Gasteiger partial charge in [-0.25, -0.2) is 4.98 Å². The summed E-state index contributed by atoms with van der Waals surface area (Å²) in [5, 5.41) is 10.2. The van der Waals surface area contributed by atoms with E-state index in [1.807, 2.05) is 19.1 Å². The Bertz CT molecular complexity index is 1500. The fourth-order valence-corrected chi connectivity index (χ4v) is 3.51. The number of aromatic nitrogens is 3. The highest BCUT2D eigenvalue weighted by atomic mass is 35.5. The van der Waals surface area contributed by atoms with E-state index >= 15 is 0 Å². The molecule has 0 saturated carbocycles. The third-order valence-corrected chi connectivity index (χ3v) is 5.40. The second-order valence-corrected chi connectivity index (χ2v) is 7.45. The van der Waals surface area contributed by atoms with Crippen LogP contribution in [0.5, 0.6) is 0 Å². The van der Waals surface area contributed by atoms with Gasteiger partial charge in [-0.3, -0.25) is 14.0 Å². The molecule has 8 nitrogen and oxygen atoms in total. The van der Waals surface area contributed by atoms with E-state index in [9.17, 15) is 14.9 Å². The molecule has 0 unspecified atom stereocenters. The van der Waals surface area contributed by atoms with Crippen LogP contribution in [0.15, 0.2) is 69.6 Å². The quantitative estimate of drug-likeness (QED) is 0.317. The number of hydrogen-bond acceptors (Lipinski definition) is 5. The molecule has 9 heteroatoms. The maximum atomic E-state index is 13.2. The normalized spacial score (nSPS) is 12.9. The number of fused-ring (bicyclic) bond motifs is 2. The van der Waals surface area contributed by atoms with Gasteiger partial charge in [0.25, 0.3) is 11.5 Å². The van der Waals surface area contributed by atoms with Crippen molar-refractivity contribution in [2.75, 3.05) is 13.7 Å². The number of allylic oxidation sites excluding steroid dienone is 3. The topological polar surface area (TPSA) is 102 Å². The van der Waals surface area contributed by atoms with Crippen molar-refractivity contribution in [3.8, 4) is 6.07 Å². The Kier molecular flexibility index (Phi) is 7.38. The van der Waals surface area contributed by atoms with E-state index in [-0.39, 0.29) is 45.8 Å². The van der Waals surface area contributed by atoms with E-state index in [1.54, 1.807) is 29.8 Å². The summed E-state index contributed by atoms with van der Waals surface area (Å²) in [5.41, 5.74) is 1.46. The number of carbonyl (C=O) groups excluding carboxylic acids is 1. The number of amides is 1. The molecular formula is C24H22ClN5O3. The van der Waals surface area contributed by atoms with Crippen LogP contribution in [0.1, 0.15) is 18.1 Å². The number of hydrogen-bond donors (Lipinski definition) is 0. The lowest BCUT2D eigenvalue weighted by Gasteiger charge is -2.14. The van der Waals surface area contributed by atoms with Crippen molar-refractivity contribution in [1.29, 1.82) is 5.26 Å². The number of nitriles is 1. The first kappa shape index (κ1) is 23.9. The molecule has 0 aliphatic rings. The number of pyridine rings is 2. The summed E-state index contributed by atoms with van der Waals surface area (Å²) in [5.74, 6) is -0.659. The first-order valence-electron chi connectivity index (χ1n) is 10.1. The first-order valence-corrected chi connectivity index (χ1v) is 10.4. The number of nitrogens with zero attached hydrogens (tertiary/aromatic N) is 5. The van der Waals surface area contributed by atoms with Crippen LogP contribution >= 0.6 is 11.6 Å². The fourth-order valence-electron chi connectivity index (χ4n) is 3.37. The smallest absolute Gasteiger partial charge is 0.280 e. The molecule has 0 fully saturated rings. The Labute approximate surface area is 195 Å². The van der Waals surface area contributed by atoms with Crippen molar-refractivity contribution in [2.45, 2.75) is 20.4 Å². The van der Waals surface area contributed by atoms with Gasteiger partial charge >= 0.3 is 0 Å². The van der Waals surface area contributed by atoms with Gasteiger partial charge in [0.15, 0.2) is 5.49 Å². The summed E-state index contributed by atoms with van der Waals surface area (Å²) in [6, 6.07) is 7.04. The van der Waals surface area contributed by atoms with Crippen molar-refractivity contribution < 1.29 is 9.53 Å². The molecule has 0 radical (unpaired) electrons. The Hall–Kier alpha value is -3.80. The summed E-state index contributed by atoms with van der Waals surface area (Å²) in [4.78, 5) is 35.1. The molecule has 0 aromatic carbocycles. The molecule has 3 heterocycles. The van der Waals surface area contributed by atoms with Gasteiger partial charge in [-0.2, -0.15) is 10.3 Å². The summed E-state index contributed by atoms with van der Waals surface area (Å²) in [7, 11) is 1.53. The van der Waals surface area contributed by atoms with Crippen LogP contribution in [0.25, 0.3) is 16.7 Å². The van der Waals surface area contributed by atoms with Crippen LogP contribution in [0, 0.1) is 18.3 Å². The minimum Gasteiger partial charge on any atom is -0.383 e. The molecule has 0 saturated heterocycles. The van der Waals surface area contributed by atoms with Gasteiger partial charge in [0, 0.05) is 24.9 Å². The molecule has 0 aliphatic carbocycles. The average molecular weight is 464 g/mol. The summed E-state index contributed by atoms with van der Waals surface area (Å²) in [6.45, 7) is 7.59. The second kappa shape index (κ2) is 10.2. The predicted molar refractivity (Wildman–Crippen MR) is 127 cm³/mol. The molecule has 3 rings (SSSR count). The van der Waals surface area contributed by atoms with Crippen molar-refractivity contribution in [3.05, 3.63) is 86.8 Å². The highest BCUT2D eigenvalue weighted by molar-refractivity contribution is 6.35. The SMILES string of the molecule is C=C/C=C(C(=O)N=c1c(C#N)cc2c(=O)n3cccc(C)c3nc2n1CCOC)\C(Cl)=C\C. The molecule has 168 valence electrons. The lowest BCUT2D eigenvalue weighted by Crippen LogP contribution is -2.31. The van der Waals surface area contributed by atoms with E-state index in [2.05, 4.69) is 16.6 Å². The molecule has 3 aromatic rings. The second-order valence-electron chi connectivity index (χ2n) is 7.05. The van der Waals surface area contributed by atoms with Crippen molar-refractivity contribution in [3.63, 3.8) is 0 Å². The summed E-state index contributed by atoms with van der Waals surface area (Å²) < 4.78 is 8.20. The van der Waals surface area contributed by atoms with Crippen molar-refractivity contribution in [1.82, 2.24) is 14.0 Å². The average Bonchev–Trinajstić information content (AvgIpc) is 2.81. The number of methoxy groups -OCH3 is 1. The van der Waals surface area contributed by atoms with E-state index in [4.69, 9.17) is 16.3 Å². The fraction of sp³-hybridized carbons (Fsp3) is 0.208. The van der Waals surface area contributed by atoms with Gasteiger partial charge in [0.05, 0.1) is 23.1 Å². The minimum atomic E-state index is -0.659. The van der Waals surface area contributed by atoms with Gasteiger partial charge in [-0.15, -0.1) is 0 Å². The monoisotopic (exact) mass is 463 g/mol. The van der Waals surface area contributed by atoms with E-state index < -0.39 is 5.91 Å². The van der Waals surface area contributed by atoms with Crippen molar-refractivity contribution in [2.24, 2.45) is 4.99 Å². The van der Waals surface area contributed by atoms with Gasteiger partial charge in [-0.05, 0) is 37.6 Å². The Balaban J connectivity index is 2.48. The van der Waals surface area contributed by atoms with Gasteiger partial charge < -0.3 is 9.30 Å². The zero-order chi connectivity index (χ0) is 24.1. The lowest BCUT2D eigenvalue weighted by atomic mass is 10.2. The molecule has 0 N–H and O–H groups in total. The lowest BCUT2D eigenvalue weighted by molar-refractivity contribution is -0.114. The third kappa shape index (κ3) is 4.55. The highest BCUT2D eigenvalue weighted by Gasteiger charge is 2.17. The van der Waals surface area contributed by atoms with Crippen LogP contribution in [0.3, 0.4) is 0 Å². The van der Waals surface area contributed by atoms with E-state index in [1.165, 1.54) is 29.7 Å². The van der Waals surface area contributed by atoms with E-state index in [0.29, 0.717) is 11.3 Å². The van der Waals surface area contributed by atoms with Crippen LogP contribution in [-0.2, 0) is 16.1 Å². The Morgan fingerprint density at radius 1 is 1.42 bits per heavy atom. The molecule has 0 atom stereocenters. The maximum Gasteiger partial charge on any atom is 0.280 e. The largest absolute Gasteiger partial charge is 0.383 e. The minimum absolute atomic E-state index is 0.0491. The van der Waals surface area contributed by atoms with Crippen LogP contribution in [0.2, 0.25) is 0 Å². The third-order valence-electron chi connectivity index (χ3n) is 4.98. The number of aryl methyl sites for hydroxylation is 1. The van der Waals surface area contributed by atoms with Crippen LogP contribution in [-0.4, -0.2) is 33.6 Å².